The molecule has 0 saturated heterocycles. The van der Waals surface area contributed by atoms with Crippen molar-refractivity contribution in [1.29, 1.82) is 0 Å². The third kappa shape index (κ3) is 10.9. The summed E-state index contributed by atoms with van der Waals surface area (Å²) < 4.78 is 6.03. The monoisotopic (exact) mass is 1590 g/mol. The summed E-state index contributed by atoms with van der Waals surface area (Å²) in [5.41, 5.74) is 41.1. The van der Waals surface area contributed by atoms with Gasteiger partial charge in [0.2, 0.25) is 0 Å². The average Bonchev–Trinajstić information content (AvgIpc) is 1.54. The number of rotatable bonds is 7. The molecule has 584 valence electrons. The molecule has 24 aromatic rings. The van der Waals surface area contributed by atoms with Crippen molar-refractivity contribution >= 4 is 108 Å². The summed E-state index contributed by atoms with van der Waals surface area (Å²) in [7, 11) is 0. The van der Waals surface area contributed by atoms with Gasteiger partial charge in [0, 0.05) is 16.2 Å². The fraction of sp³-hybridized carbons (Fsp3) is 0.0240. The SMILES string of the molecule is CC1(C)c2ccccc2-c2cc(-c3ccc(-c4ccc5c6c(cccc46)-c4c-5c5ccccc5c5ccccc45)cc3)ccc21.c1ccc(-c2ccc3c(-c4cccc(-c5ccc6c7c(cccc57)-c5ccc7ccccc7c5-6)c4)cccc3c2)cc1.c1ccc2c3c(ccc2c1)-c1cccc2c(-c4ccc(-c5ccc6oc7ccccc7c6c5)cc4)ccc-3c12. The van der Waals surface area contributed by atoms with Crippen LogP contribution >= 0.6 is 0 Å². The Hall–Kier alpha value is -16.1. The van der Waals surface area contributed by atoms with E-state index in [1.807, 2.05) is 12.1 Å². The lowest BCUT2D eigenvalue weighted by Gasteiger charge is -2.21. The number of hydrogen-bond donors (Lipinski definition) is 0. The summed E-state index contributed by atoms with van der Waals surface area (Å²) >= 11 is 0. The molecule has 1 aromatic heterocycles. The number of furan rings is 1. The second kappa shape index (κ2) is 28.0. The van der Waals surface area contributed by atoms with Crippen molar-refractivity contribution in [3.05, 3.63) is 448 Å². The van der Waals surface area contributed by atoms with Crippen molar-refractivity contribution in [3.63, 3.8) is 0 Å². The molecule has 4 aliphatic rings. The van der Waals surface area contributed by atoms with E-state index >= 15 is 0 Å². The lowest BCUT2D eigenvalue weighted by Crippen LogP contribution is -2.14. The molecule has 0 radical (unpaired) electrons. The Bertz CT molecular complexity index is 8700. The number of benzene rings is 23. The minimum Gasteiger partial charge on any atom is -0.456 e. The quantitative estimate of drug-likeness (QED) is 0.145. The average molecular weight is 1600 g/mol. The highest BCUT2D eigenvalue weighted by Gasteiger charge is 2.36. The van der Waals surface area contributed by atoms with E-state index in [4.69, 9.17) is 4.42 Å². The first-order chi connectivity index (χ1) is 62.3. The minimum atomic E-state index is 0.0301. The van der Waals surface area contributed by atoms with Crippen LogP contribution in [0.25, 0.3) is 264 Å². The Morgan fingerprint density at radius 3 is 1.12 bits per heavy atom. The van der Waals surface area contributed by atoms with Gasteiger partial charge in [-0.2, -0.15) is 0 Å². The van der Waals surface area contributed by atoms with Crippen LogP contribution in [0.15, 0.2) is 441 Å². The molecule has 28 rings (SSSR count). The summed E-state index contributed by atoms with van der Waals surface area (Å²) in [4.78, 5) is 0. The molecule has 0 saturated carbocycles. The Balaban J connectivity index is 0.000000101. The lowest BCUT2D eigenvalue weighted by atomic mass is 9.82. The van der Waals surface area contributed by atoms with E-state index in [1.165, 1.54) is 253 Å². The molecule has 0 amide bonds. The van der Waals surface area contributed by atoms with Crippen molar-refractivity contribution < 1.29 is 4.42 Å². The zero-order valence-electron chi connectivity index (χ0n) is 69.5. The molecule has 23 aromatic carbocycles. The lowest BCUT2D eigenvalue weighted by molar-refractivity contribution is 0.660. The van der Waals surface area contributed by atoms with Gasteiger partial charge in [0.25, 0.3) is 0 Å². The zero-order chi connectivity index (χ0) is 83.0. The van der Waals surface area contributed by atoms with Crippen molar-refractivity contribution in [3.8, 4) is 156 Å². The summed E-state index contributed by atoms with van der Waals surface area (Å²) in [6.07, 6.45) is 0. The minimum absolute atomic E-state index is 0.0301. The summed E-state index contributed by atoms with van der Waals surface area (Å²) in [5.74, 6) is 0. The van der Waals surface area contributed by atoms with Crippen LogP contribution < -0.4 is 0 Å². The van der Waals surface area contributed by atoms with Gasteiger partial charge in [-0.1, -0.05) is 414 Å². The molecule has 126 heavy (non-hydrogen) atoms. The van der Waals surface area contributed by atoms with Gasteiger partial charge in [0.1, 0.15) is 11.2 Å². The maximum Gasteiger partial charge on any atom is 0.135 e. The van der Waals surface area contributed by atoms with Crippen LogP contribution in [0.2, 0.25) is 0 Å². The first-order valence-electron chi connectivity index (χ1n) is 44.0. The molecule has 1 nitrogen and oxygen atoms in total. The Kier molecular flexibility index (Phi) is 15.9. The molecule has 0 unspecified atom stereocenters. The number of hydrogen-bond acceptors (Lipinski definition) is 1. The normalized spacial score (nSPS) is 12.6. The highest BCUT2D eigenvalue weighted by Crippen LogP contribution is 2.58. The van der Waals surface area contributed by atoms with Crippen molar-refractivity contribution in [2.75, 3.05) is 0 Å². The van der Waals surface area contributed by atoms with E-state index in [-0.39, 0.29) is 5.41 Å². The Morgan fingerprint density at radius 1 is 0.151 bits per heavy atom. The van der Waals surface area contributed by atoms with Crippen molar-refractivity contribution in [2.24, 2.45) is 0 Å². The van der Waals surface area contributed by atoms with Crippen LogP contribution in [-0.2, 0) is 5.41 Å². The van der Waals surface area contributed by atoms with Crippen LogP contribution in [-0.4, -0.2) is 0 Å². The first kappa shape index (κ1) is 71.7. The molecular weight excluding hydrogens is 1520 g/mol. The second-order valence-electron chi connectivity index (χ2n) is 35.0. The largest absolute Gasteiger partial charge is 0.456 e. The number of fused-ring (bicyclic) bond motifs is 25. The third-order valence-corrected chi connectivity index (χ3v) is 28.1. The molecule has 0 fully saturated rings. The fourth-order valence-corrected chi connectivity index (χ4v) is 22.2. The van der Waals surface area contributed by atoms with Crippen LogP contribution in [0.4, 0.5) is 0 Å². The highest BCUT2D eigenvalue weighted by atomic mass is 16.3. The summed E-state index contributed by atoms with van der Waals surface area (Å²) in [6, 6.07) is 161. The molecule has 0 atom stereocenters. The first-order valence-corrected chi connectivity index (χ1v) is 44.0. The van der Waals surface area contributed by atoms with Gasteiger partial charge in [0.15, 0.2) is 0 Å². The van der Waals surface area contributed by atoms with Gasteiger partial charge in [-0.15, -0.1) is 0 Å². The molecule has 0 aliphatic heterocycles. The van der Waals surface area contributed by atoms with Crippen LogP contribution in [0.3, 0.4) is 0 Å². The summed E-state index contributed by atoms with van der Waals surface area (Å²) in [5, 5.41) is 23.4. The number of para-hydroxylation sites is 1. The van der Waals surface area contributed by atoms with Gasteiger partial charge >= 0.3 is 0 Å². The van der Waals surface area contributed by atoms with E-state index in [0.717, 1.165) is 21.9 Å². The van der Waals surface area contributed by atoms with Crippen molar-refractivity contribution in [1.82, 2.24) is 0 Å². The zero-order valence-corrected chi connectivity index (χ0v) is 69.5. The third-order valence-electron chi connectivity index (χ3n) is 28.1. The van der Waals surface area contributed by atoms with E-state index < -0.39 is 0 Å². The van der Waals surface area contributed by atoms with E-state index in [1.54, 1.807) is 0 Å². The molecule has 1 heterocycles. The molecule has 1 heteroatoms. The fourth-order valence-electron chi connectivity index (χ4n) is 22.2. The highest BCUT2D eigenvalue weighted by molar-refractivity contribution is 6.32. The maximum atomic E-state index is 6.03. The molecule has 4 aliphatic carbocycles. The van der Waals surface area contributed by atoms with Gasteiger partial charge < -0.3 is 4.42 Å². The topological polar surface area (TPSA) is 13.1 Å². The molecule has 0 bridgehead atoms. The van der Waals surface area contributed by atoms with Crippen LogP contribution in [0.1, 0.15) is 25.0 Å². The molecule has 0 N–H and O–H groups in total. The second-order valence-corrected chi connectivity index (χ2v) is 35.0. The summed E-state index contributed by atoms with van der Waals surface area (Å²) in [6.45, 7) is 4.68. The molecule has 0 spiro atoms. The van der Waals surface area contributed by atoms with Gasteiger partial charge in [-0.25, -0.2) is 0 Å². The van der Waals surface area contributed by atoms with E-state index in [0.29, 0.717) is 0 Å². The van der Waals surface area contributed by atoms with E-state index in [2.05, 4.69) is 438 Å². The Labute approximate surface area is 730 Å². The Morgan fingerprint density at radius 2 is 0.508 bits per heavy atom. The predicted molar refractivity (Wildman–Crippen MR) is 536 cm³/mol. The van der Waals surface area contributed by atoms with Gasteiger partial charge in [0.05, 0.1) is 0 Å². The molecular formula is C125H78O. The van der Waals surface area contributed by atoms with Gasteiger partial charge in [-0.3, -0.25) is 0 Å². The maximum absolute atomic E-state index is 6.03. The van der Waals surface area contributed by atoms with E-state index in [9.17, 15) is 0 Å². The van der Waals surface area contributed by atoms with Crippen molar-refractivity contribution in [2.45, 2.75) is 19.3 Å². The standard InChI is InChI=1S/C45H30.C42H26.C38H22O/c1-45(2)40-17-8-7-12-33(40)39-26-29(22-25-41(39)45)27-18-20-28(21-19-27)30-23-24-38-42-34(30)15-9-16-37(42)43-35-13-5-3-10-31(35)32-11-4-6-14-36(32)44(38)43;1-2-9-27(10-3-1)29-20-21-34-30(25-29)14-7-16-33(34)31-12-6-13-32(26-31)35-23-24-40-41-36-15-5-4-11-28(36)19-22-39(41)38-18-8-17-37(35)42(38)40;1-2-7-28-24(6-1)16-18-32-31-10-5-9-30-27(19-20-33(37(28)32)38(30)31)25-14-12-23(13-15-25)26-17-21-36-34(22-26)29-8-3-4-11-35(29)39-36/h3-26H,1-2H3;1-26H;1-22H. The predicted octanol–water partition coefficient (Wildman–Crippen LogP) is 35.1. The van der Waals surface area contributed by atoms with Gasteiger partial charge in [-0.05, 0) is 289 Å². The van der Waals surface area contributed by atoms with Crippen LogP contribution in [0.5, 0.6) is 0 Å². The smallest absolute Gasteiger partial charge is 0.135 e. The van der Waals surface area contributed by atoms with Crippen LogP contribution in [0, 0.1) is 0 Å².